The molecule has 0 unspecified atom stereocenters. The molecule has 0 aliphatic rings. The fourth-order valence-corrected chi connectivity index (χ4v) is 3.58. The number of hydrogen-bond donors (Lipinski definition) is 0. The maximum atomic E-state index is 13.1. The molecule has 0 radical (unpaired) electrons. The van der Waals surface area contributed by atoms with E-state index in [9.17, 15) is 9.36 Å². The Labute approximate surface area is 176 Å². The first-order valence-electron chi connectivity index (χ1n) is 9.44. The lowest BCUT2D eigenvalue weighted by Crippen LogP contribution is -2.13. The number of carbonyl (C=O) groups excluding carboxylic acids is 1. The molecular formula is C23H23O6P. The smallest absolute Gasteiger partial charge is 0.459 e. The Bertz CT molecular complexity index is 900. The molecule has 7 heteroatoms. The molecule has 0 atom stereocenters. The van der Waals surface area contributed by atoms with Gasteiger partial charge in [-0.25, -0.2) is 9.36 Å². The van der Waals surface area contributed by atoms with Crippen molar-refractivity contribution in [1.29, 1.82) is 0 Å². The van der Waals surface area contributed by atoms with Gasteiger partial charge < -0.3 is 4.74 Å². The third-order valence-corrected chi connectivity index (χ3v) is 5.38. The molecule has 0 heterocycles. The molecule has 0 aromatic heterocycles. The van der Waals surface area contributed by atoms with Crippen molar-refractivity contribution in [3.8, 4) is 0 Å². The summed E-state index contributed by atoms with van der Waals surface area (Å²) in [5, 5.41) is 0. The number of rotatable bonds is 11. The van der Waals surface area contributed by atoms with Crippen molar-refractivity contribution >= 4 is 13.8 Å². The Morgan fingerprint density at radius 1 is 0.600 bits per heavy atom. The third kappa shape index (κ3) is 7.58. The molecule has 0 spiro atoms. The zero-order valence-electron chi connectivity index (χ0n) is 16.4. The molecule has 0 bridgehead atoms. The molecule has 0 amide bonds. The van der Waals surface area contributed by atoms with Gasteiger partial charge in [0.05, 0.1) is 13.2 Å². The van der Waals surface area contributed by atoms with Crippen molar-refractivity contribution in [2.75, 3.05) is 6.61 Å². The van der Waals surface area contributed by atoms with Crippen LogP contribution >= 0.6 is 7.82 Å². The second-order valence-corrected chi connectivity index (χ2v) is 8.05. The maximum Gasteiger partial charge on any atom is 0.475 e. The van der Waals surface area contributed by atoms with Gasteiger partial charge in [0.15, 0.2) is 6.61 Å². The topological polar surface area (TPSA) is 71.1 Å². The van der Waals surface area contributed by atoms with Crippen molar-refractivity contribution in [3.63, 3.8) is 0 Å². The van der Waals surface area contributed by atoms with E-state index in [1.54, 1.807) is 0 Å². The van der Waals surface area contributed by atoms with E-state index < -0.39 is 20.4 Å². The van der Waals surface area contributed by atoms with Crippen molar-refractivity contribution in [1.82, 2.24) is 0 Å². The minimum Gasteiger partial charge on any atom is -0.459 e. The Morgan fingerprint density at radius 2 is 1.00 bits per heavy atom. The summed E-state index contributed by atoms with van der Waals surface area (Å²) in [5.41, 5.74) is 2.45. The quantitative estimate of drug-likeness (QED) is 0.307. The van der Waals surface area contributed by atoms with E-state index in [1.807, 2.05) is 91.0 Å². The van der Waals surface area contributed by atoms with Gasteiger partial charge in [0, 0.05) is 0 Å². The second kappa shape index (κ2) is 11.4. The van der Waals surface area contributed by atoms with E-state index in [4.69, 9.17) is 18.3 Å². The van der Waals surface area contributed by atoms with E-state index in [-0.39, 0.29) is 19.8 Å². The number of esters is 1. The standard InChI is InChI=1S/C23H23O6P/c24-23(26-16-20-10-4-1-5-11-20)19-29-30(25,27-17-21-12-6-2-7-13-21)28-18-22-14-8-3-9-15-22/h1-15H,16-19H2. The first-order chi connectivity index (χ1) is 14.6. The first kappa shape index (κ1) is 21.9. The van der Waals surface area contributed by atoms with Gasteiger partial charge in [0.25, 0.3) is 0 Å². The summed E-state index contributed by atoms with van der Waals surface area (Å²) >= 11 is 0. The van der Waals surface area contributed by atoms with Gasteiger partial charge in [0.1, 0.15) is 6.61 Å². The summed E-state index contributed by atoms with van der Waals surface area (Å²) in [5.74, 6) is -0.661. The molecule has 3 aromatic carbocycles. The number of ether oxygens (including phenoxy) is 1. The molecule has 30 heavy (non-hydrogen) atoms. The highest BCUT2D eigenvalue weighted by atomic mass is 31.2. The third-order valence-electron chi connectivity index (χ3n) is 4.05. The van der Waals surface area contributed by atoms with Crippen LogP contribution in [0.15, 0.2) is 91.0 Å². The molecule has 3 aromatic rings. The van der Waals surface area contributed by atoms with Crippen LogP contribution < -0.4 is 0 Å². The highest BCUT2D eigenvalue weighted by molar-refractivity contribution is 7.48. The van der Waals surface area contributed by atoms with Crippen LogP contribution in [0.3, 0.4) is 0 Å². The highest BCUT2D eigenvalue weighted by Gasteiger charge is 2.28. The number of phosphoric ester groups is 1. The number of phosphoric acid groups is 1. The lowest BCUT2D eigenvalue weighted by Gasteiger charge is -2.18. The predicted octanol–water partition coefficient (Wildman–Crippen LogP) is 5.29. The fraction of sp³-hybridized carbons (Fsp3) is 0.174. The lowest BCUT2D eigenvalue weighted by molar-refractivity contribution is -0.148. The molecule has 3 rings (SSSR count). The van der Waals surface area contributed by atoms with Crippen LogP contribution in [0.25, 0.3) is 0 Å². The number of carbonyl (C=O) groups is 1. The summed E-state index contributed by atoms with van der Waals surface area (Å²) < 4.78 is 34.4. The molecule has 0 fully saturated rings. The second-order valence-electron chi connectivity index (χ2n) is 6.39. The van der Waals surface area contributed by atoms with Gasteiger partial charge in [-0.1, -0.05) is 91.0 Å². The Balaban J connectivity index is 1.56. The van der Waals surface area contributed by atoms with Crippen molar-refractivity contribution in [2.24, 2.45) is 0 Å². The summed E-state index contributed by atoms with van der Waals surface area (Å²) in [6.45, 7) is -0.408. The number of benzene rings is 3. The molecule has 0 aliphatic heterocycles. The van der Waals surface area contributed by atoms with Crippen LogP contribution in [-0.4, -0.2) is 12.6 Å². The molecule has 0 saturated heterocycles. The molecular weight excluding hydrogens is 403 g/mol. The van der Waals surface area contributed by atoms with Crippen LogP contribution in [0.4, 0.5) is 0 Å². The van der Waals surface area contributed by atoms with E-state index >= 15 is 0 Å². The number of hydrogen-bond acceptors (Lipinski definition) is 6. The molecule has 0 N–H and O–H groups in total. The predicted molar refractivity (Wildman–Crippen MR) is 112 cm³/mol. The Morgan fingerprint density at radius 3 is 1.43 bits per heavy atom. The minimum absolute atomic E-state index is 0.0198. The monoisotopic (exact) mass is 426 g/mol. The zero-order valence-corrected chi connectivity index (χ0v) is 17.3. The summed E-state index contributed by atoms with van der Waals surface area (Å²) in [6, 6.07) is 27.7. The van der Waals surface area contributed by atoms with E-state index in [0.29, 0.717) is 0 Å². The molecule has 0 aliphatic carbocycles. The zero-order chi connectivity index (χ0) is 21.1. The van der Waals surface area contributed by atoms with E-state index in [0.717, 1.165) is 16.7 Å². The fourth-order valence-electron chi connectivity index (χ4n) is 2.48. The van der Waals surface area contributed by atoms with Crippen LogP contribution in [-0.2, 0) is 47.5 Å². The van der Waals surface area contributed by atoms with Crippen LogP contribution in [0.5, 0.6) is 0 Å². The lowest BCUT2D eigenvalue weighted by atomic mass is 10.2. The first-order valence-corrected chi connectivity index (χ1v) is 10.9. The Hall–Kier alpha value is -2.76. The average Bonchev–Trinajstić information content (AvgIpc) is 2.81. The average molecular weight is 426 g/mol. The molecule has 6 nitrogen and oxygen atoms in total. The van der Waals surface area contributed by atoms with Crippen LogP contribution in [0.1, 0.15) is 16.7 Å². The van der Waals surface area contributed by atoms with Gasteiger partial charge in [-0.05, 0) is 16.7 Å². The van der Waals surface area contributed by atoms with E-state index in [2.05, 4.69) is 0 Å². The van der Waals surface area contributed by atoms with Gasteiger partial charge in [0.2, 0.25) is 0 Å². The van der Waals surface area contributed by atoms with Crippen molar-refractivity contribution in [3.05, 3.63) is 108 Å². The largest absolute Gasteiger partial charge is 0.475 e. The SMILES string of the molecule is O=C(COP(=O)(OCc1ccccc1)OCc1ccccc1)OCc1ccccc1. The van der Waals surface area contributed by atoms with Gasteiger partial charge in [-0.3, -0.25) is 13.6 Å². The van der Waals surface area contributed by atoms with E-state index in [1.165, 1.54) is 0 Å². The van der Waals surface area contributed by atoms with Gasteiger partial charge in [-0.2, -0.15) is 0 Å². The van der Waals surface area contributed by atoms with Crippen LogP contribution in [0, 0.1) is 0 Å². The van der Waals surface area contributed by atoms with Gasteiger partial charge >= 0.3 is 13.8 Å². The maximum absolute atomic E-state index is 13.1. The summed E-state index contributed by atoms with van der Waals surface area (Å²) in [7, 11) is -4.00. The summed E-state index contributed by atoms with van der Waals surface area (Å²) in [6.07, 6.45) is 0. The van der Waals surface area contributed by atoms with Crippen LogP contribution in [0.2, 0.25) is 0 Å². The normalized spacial score (nSPS) is 11.2. The highest BCUT2D eigenvalue weighted by Crippen LogP contribution is 2.50. The van der Waals surface area contributed by atoms with Crippen molar-refractivity contribution < 1.29 is 27.7 Å². The Kier molecular flexibility index (Phi) is 8.36. The molecule has 156 valence electrons. The van der Waals surface area contributed by atoms with Gasteiger partial charge in [-0.15, -0.1) is 0 Å². The summed E-state index contributed by atoms with van der Waals surface area (Å²) in [4.78, 5) is 12.0. The van der Waals surface area contributed by atoms with Crippen molar-refractivity contribution in [2.45, 2.75) is 19.8 Å². The minimum atomic E-state index is -4.00. The molecule has 0 saturated carbocycles.